The van der Waals surface area contributed by atoms with Gasteiger partial charge in [-0.15, -0.1) is 0 Å². The van der Waals surface area contributed by atoms with Gasteiger partial charge in [0.1, 0.15) is 11.9 Å². The Morgan fingerprint density at radius 2 is 1.65 bits per heavy atom. The average molecular weight is 263 g/mol. The molecule has 0 spiro atoms. The van der Waals surface area contributed by atoms with Crippen LogP contribution in [0.25, 0.3) is 10.8 Å². The molecule has 1 atom stereocenters. The van der Waals surface area contributed by atoms with E-state index in [0.717, 1.165) is 22.4 Å². The minimum absolute atomic E-state index is 0.0377. The molecule has 0 saturated carbocycles. The zero-order chi connectivity index (χ0) is 13.9. The van der Waals surface area contributed by atoms with Gasteiger partial charge in [-0.25, -0.2) is 0 Å². The van der Waals surface area contributed by atoms with Crippen molar-refractivity contribution in [3.63, 3.8) is 0 Å². The molecule has 0 heterocycles. The quantitative estimate of drug-likeness (QED) is 0.703. The van der Waals surface area contributed by atoms with Gasteiger partial charge in [-0.1, -0.05) is 48.5 Å². The Balaban J connectivity index is 1.93. The third-order valence-electron chi connectivity index (χ3n) is 3.43. The number of nitrogen functional groups attached to an aromatic ring is 1. The van der Waals surface area contributed by atoms with Crippen LogP contribution in [0.2, 0.25) is 0 Å². The Morgan fingerprint density at radius 3 is 2.50 bits per heavy atom. The molecular weight excluding hydrogens is 246 g/mol. The second kappa shape index (κ2) is 5.25. The smallest absolute Gasteiger partial charge is 0.128 e. The van der Waals surface area contributed by atoms with Gasteiger partial charge in [0.2, 0.25) is 0 Å². The fourth-order valence-electron chi connectivity index (χ4n) is 2.37. The molecule has 2 N–H and O–H groups in total. The Morgan fingerprint density at radius 1 is 0.900 bits per heavy atom. The molecule has 0 saturated heterocycles. The second-order valence-corrected chi connectivity index (χ2v) is 4.91. The standard InChI is InChI=1S/C18H17NO/c1-13(15-8-4-9-16(19)12-15)20-18-11-5-7-14-6-2-3-10-17(14)18/h2-13H,19H2,1H3. The third kappa shape index (κ3) is 2.45. The van der Waals surface area contributed by atoms with E-state index in [9.17, 15) is 0 Å². The lowest BCUT2D eigenvalue weighted by molar-refractivity contribution is 0.230. The number of ether oxygens (including phenoxy) is 1. The van der Waals surface area contributed by atoms with Crippen LogP contribution < -0.4 is 10.5 Å². The highest BCUT2D eigenvalue weighted by Crippen LogP contribution is 2.29. The lowest BCUT2D eigenvalue weighted by atomic mass is 10.1. The monoisotopic (exact) mass is 263 g/mol. The van der Waals surface area contributed by atoms with Crippen molar-refractivity contribution in [3.05, 3.63) is 72.3 Å². The molecule has 1 unspecified atom stereocenters. The lowest BCUT2D eigenvalue weighted by Gasteiger charge is -2.17. The Bertz CT molecular complexity index is 731. The third-order valence-corrected chi connectivity index (χ3v) is 3.43. The second-order valence-electron chi connectivity index (χ2n) is 4.91. The molecule has 0 bridgehead atoms. The zero-order valence-corrected chi connectivity index (χ0v) is 11.4. The first kappa shape index (κ1) is 12.5. The molecular formula is C18H17NO. The molecule has 3 aromatic rings. The van der Waals surface area contributed by atoms with Crippen molar-refractivity contribution in [1.29, 1.82) is 0 Å². The summed E-state index contributed by atoms with van der Waals surface area (Å²) in [6.07, 6.45) is -0.0377. The van der Waals surface area contributed by atoms with E-state index >= 15 is 0 Å². The summed E-state index contributed by atoms with van der Waals surface area (Å²) in [5, 5.41) is 2.32. The number of rotatable bonds is 3. The highest BCUT2D eigenvalue weighted by Gasteiger charge is 2.09. The summed E-state index contributed by atoms with van der Waals surface area (Å²) >= 11 is 0. The van der Waals surface area contributed by atoms with Crippen LogP contribution >= 0.6 is 0 Å². The molecule has 0 radical (unpaired) electrons. The zero-order valence-electron chi connectivity index (χ0n) is 11.4. The molecule has 20 heavy (non-hydrogen) atoms. The van der Waals surface area contributed by atoms with E-state index in [4.69, 9.17) is 10.5 Å². The minimum Gasteiger partial charge on any atom is -0.485 e. The van der Waals surface area contributed by atoms with Crippen molar-refractivity contribution < 1.29 is 4.74 Å². The number of hydrogen-bond donors (Lipinski definition) is 1. The van der Waals surface area contributed by atoms with E-state index in [1.807, 2.05) is 55.5 Å². The van der Waals surface area contributed by atoms with E-state index in [0.29, 0.717) is 0 Å². The summed E-state index contributed by atoms with van der Waals surface area (Å²) in [4.78, 5) is 0. The number of fused-ring (bicyclic) bond motifs is 1. The van der Waals surface area contributed by atoms with Gasteiger partial charge in [-0.05, 0) is 36.1 Å². The molecule has 0 amide bonds. The van der Waals surface area contributed by atoms with Gasteiger partial charge in [0.15, 0.2) is 0 Å². The maximum absolute atomic E-state index is 6.11. The van der Waals surface area contributed by atoms with Crippen molar-refractivity contribution in [2.75, 3.05) is 5.73 Å². The topological polar surface area (TPSA) is 35.2 Å². The molecule has 0 aromatic heterocycles. The Kier molecular flexibility index (Phi) is 3.30. The van der Waals surface area contributed by atoms with Gasteiger partial charge < -0.3 is 10.5 Å². The number of benzene rings is 3. The largest absolute Gasteiger partial charge is 0.485 e. The summed E-state index contributed by atoms with van der Waals surface area (Å²) in [5.41, 5.74) is 7.67. The van der Waals surface area contributed by atoms with E-state index in [1.54, 1.807) is 0 Å². The fraction of sp³-hybridized carbons (Fsp3) is 0.111. The average Bonchev–Trinajstić information content (AvgIpc) is 2.47. The van der Waals surface area contributed by atoms with Gasteiger partial charge in [-0.3, -0.25) is 0 Å². The first-order valence-corrected chi connectivity index (χ1v) is 6.74. The lowest BCUT2D eigenvalue weighted by Crippen LogP contribution is -2.04. The summed E-state index contributed by atoms with van der Waals surface area (Å²) in [6.45, 7) is 2.04. The van der Waals surface area contributed by atoms with E-state index in [1.165, 1.54) is 5.39 Å². The highest BCUT2D eigenvalue weighted by atomic mass is 16.5. The normalized spacial score (nSPS) is 12.2. The van der Waals surface area contributed by atoms with Gasteiger partial charge in [0.05, 0.1) is 0 Å². The fourth-order valence-corrected chi connectivity index (χ4v) is 2.37. The van der Waals surface area contributed by atoms with Gasteiger partial charge in [0, 0.05) is 11.1 Å². The Hall–Kier alpha value is -2.48. The summed E-state index contributed by atoms with van der Waals surface area (Å²) in [5.74, 6) is 0.901. The highest BCUT2D eigenvalue weighted by molar-refractivity contribution is 5.88. The maximum atomic E-state index is 6.11. The molecule has 0 fully saturated rings. The van der Waals surface area contributed by atoms with Crippen LogP contribution in [0.15, 0.2) is 66.7 Å². The van der Waals surface area contributed by atoms with Crippen LogP contribution in [0.3, 0.4) is 0 Å². The summed E-state index contributed by atoms with van der Waals surface area (Å²) in [7, 11) is 0. The first-order valence-electron chi connectivity index (χ1n) is 6.74. The number of hydrogen-bond acceptors (Lipinski definition) is 2. The van der Waals surface area contributed by atoms with E-state index < -0.39 is 0 Å². The molecule has 3 rings (SSSR count). The number of nitrogens with two attached hydrogens (primary N) is 1. The molecule has 0 aliphatic rings. The van der Waals surface area contributed by atoms with Crippen LogP contribution in [0, 0.1) is 0 Å². The molecule has 100 valence electrons. The molecule has 2 heteroatoms. The van der Waals surface area contributed by atoms with Crippen molar-refractivity contribution >= 4 is 16.5 Å². The maximum Gasteiger partial charge on any atom is 0.128 e. The van der Waals surface area contributed by atoms with Crippen LogP contribution in [0.1, 0.15) is 18.6 Å². The summed E-state index contributed by atoms with van der Waals surface area (Å²) < 4.78 is 6.11. The first-order chi connectivity index (χ1) is 9.74. The SMILES string of the molecule is CC(Oc1cccc2ccccc12)c1cccc(N)c1. The minimum atomic E-state index is -0.0377. The van der Waals surface area contributed by atoms with E-state index in [-0.39, 0.29) is 6.10 Å². The van der Waals surface area contributed by atoms with Gasteiger partial charge in [-0.2, -0.15) is 0 Å². The van der Waals surface area contributed by atoms with Crippen molar-refractivity contribution in [1.82, 2.24) is 0 Å². The van der Waals surface area contributed by atoms with Crippen LogP contribution in [0.4, 0.5) is 5.69 Å². The molecule has 0 aliphatic heterocycles. The van der Waals surface area contributed by atoms with Crippen LogP contribution in [-0.2, 0) is 0 Å². The number of anilines is 1. The predicted molar refractivity (Wildman–Crippen MR) is 83.8 cm³/mol. The van der Waals surface area contributed by atoms with Crippen molar-refractivity contribution in [3.8, 4) is 5.75 Å². The van der Waals surface area contributed by atoms with Gasteiger partial charge in [0.25, 0.3) is 0 Å². The van der Waals surface area contributed by atoms with Crippen molar-refractivity contribution in [2.45, 2.75) is 13.0 Å². The van der Waals surface area contributed by atoms with Gasteiger partial charge >= 0.3 is 0 Å². The Labute approximate surface area is 118 Å². The van der Waals surface area contributed by atoms with Crippen LogP contribution in [-0.4, -0.2) is 0 Å². The molecule has 2 nitrogen and oxygen atoms in total. The van der Waals surface area contributed by atoms with Crippen LogP contribution in [0.5, 0.6) is 5.75 Å². The molecule has 3 aromatic carbocycles. The van der Waals surface area contributed by atoms with E-state index in [2.05, 4.69) is 18.2 Å². The summed E-state index contributed by atoms with van der Waals surface area (Å²) in [6, 6.07) is 22.2. The molecule has 0 aliphatic carbocycles. The predicted octanol–water partition coefficient (Wildman–Crippen LogP) is 4.56. The van der Waals surface area contributed by atoms with Crippen molar-refractivity contribution in [2.24, 2.45) is 0 Å².